The molecule has 0 radical (unpaired) electrons. The van der Waals surface area contributed by atoms with Crippen LogP contribution >= 0.6 is 11.8 Å². The van der Waals surface area contributed by atoms with Crippen LogP contribution in [0.15, 0.2) is 126 Å². The molecule has 0 aromatic heterocycles. The Balaban J connectivity index is 1.46. The molecule has 0 spiro atoms. The number of ether oxygens (including phenoxy) is 5. The number of carboxylic acid groups (broad SMARTS) is 1. The fourth-order valence-corrected chi connectivity index (χ4v) is 6.22. The lowest BCUT2D eigenvalue weighted by Gasteiger charge is -2.45. The monoisotopic (exact) mass is 642 g/mol. The molecule has 240 valence electrons. The molecule has 46 heavy (non-hydrogen) atoms. The number of benzene rings is 4. The Morgan fingerprint density at radius 2 is 1.13 bits per heavy atom. The summed E-state index contributed by atoms with van der Waals surface area (Å²) in [5.74, 6) is -1.74. The Kier molecular flexibility index (Phi) is 12.8. The second kappa shape index (κ2) is 17.6. The van der Waals surface area contributed by atoms with Crippen molar-refractivity contribution >= 4 is 23.7 Å². The van der Waals surface area contributed by atoms with Crippen LogP contribution in [0.5, 0.6) is 0 Å². The number of rotatable bonds is 16. The van der Waals surface area contributed by atoms with Crippen molar-refractivity contribution in [1.82, 2.24) is 0 Å². The molecule has 5 rings (SSSR count). The molecule has 1 aliphatic heterocycles. The molecule has 9 heteroatoms. The van der Waals surface area contributed by atoms with E-state index in [2.05, 4.69) is 0 Å². The van der Waals surface area contributed by atoms with Gasteiger partial charge in [0, 0.05) is 4.90 Å². The van der Waals surface area contributed by atoms with Gasteiger partial charge in [-0.05, 0) is 28.8 Å². The lowest BCUT2D eigenvalue weighted by molar-refractivity contribution is -0.249. The summed E-state index contributed by atoms with van der Waals surface area (Å²) in [4.78, 5) is 25.3. The Morgan fingerprint density at radius 1 is 0.630 bits per heavy atom. The summed E-state index contributed by atoms with van der Waals surface area (Å²) >= 11 is 1.50. The Hall–Kier alpha value is -3.99. The van der Waals surface area contributed by atoms with Crippen LogP contribution in [0.3, 0.4) is 0 Å². The molecule has 1 fully saturated rings. The maximum Gasteiger partial charge on any atom is 0.306 e. The summed E-state index contributed by atoms with van der Waals surface area (Å²) in [6.07, 6.45) is -3.73. The third-order valence-corrected chi connectivity index (χ3v) is 8.52. The number of carbonyl (C=O) groups excluding carboxylic acids is 1. The van der Waals surface area contributed by atoms with Crippen LogP contribution in [-0.2, 0) is 53.1 Å². The van der Waals surface area contributed by atoms with Crippen LogP contribution in [0.4, 0.5) is 0 Å². The lowest BCUT2D eigenvalue weighted by Crippen LogP contribution is -2.60. The highest BCUT2D eigenvalue weighted by molar-refractivity contribution is 7.99. The van der Waals surface area contributed by atoms with Crippen LogP contribution in [0.25, 0.3) is 0 Å². The first-order valence-corrected chi connectivity index (χ1v) is 16.1. The molecule has 4 aromatic carbocycles. The number of esters is 1. The normalized spacial score (nSPS) is 21.0. The minimum atomic E-state index is -1.08. The first-order chi connectivity index (χ1) is 22.5. The van der Waals surface area contributed by atoms with Crippen molar-refractivity contribution in [2.45, 2.75) is 67.4 Å². The highest BCUT2D eigenvalue weighted by Gasteiger charge is 2.50. The van der Waals surface area contributed by atoms with E-state index < -0.39 is 41.8 Å². The van der Waals surface area contributed by atoms with Crippen molar-refractivity contribution in [1.29, 1.82) is 0 Å². The summed E-state index contributed by atoms with van der Waals surface area (Å²) in [7, 11) is 0. The van der Waals surface area contributed by atoms with Crippen molar-refractivity contribution in [2.24, 2.45) is 0 Å². The van der Waals surface area contributed by atoms with E-state index in [-0.39, 0.29) is 32.7 Å². The number of hydrogen-bond acceptors (Lipinski definition) is 8. The molecule has 8 nitrogen and oxygen atoms in total. The van der Waals surface area contributed by atoms with E-state index in [0.717, 1.165) is 21.6 Å². The van der Waals surface area contributed by atoms with Gasteiger partial charge in [0.1, 0.15) is 23.7 Å². The predicted octanol–water partition coefficient (Wildman–Crippen LogP) is 6.67. The van der Waals surface area contributed by atoms with Gasteiger partial charge in [-0.3, -0.25) is 9.59 Å². The third-order valence-electron chi connectivity index (χ3n) is 7.36. The second-order valence-corrected chi connectivity index (χ2v) is 12.0. The largest absolute Gasteiger partial charge is 0.481 e. The van der Waals surface area contributed by atoms with Gasteiger partial charge in [0.25, 0.3) is 0 Å². The Labute approximate surface area is 273 Å². The molecule has 2 unspecified atom stereocenters. The molecule has 1 saturated heterocycles. The average molecular weight is 643 g/mol. The zero-order valence-electron chi connectivity index (χ0n) is 25.4. The zero-order valence-corrected chi connectivity index (χ0v) is 26.2. The molecule has 1 N–H and O–H groups in total. The van der Waals surface area contributed by atoms with Crippen LogP contribution in [0, 0.1) is 0 Å². The summed E-state index contributed by atoms with van der Waals surface area (Å²) < 4.78 is 32.0. The van der Waals surface area contributed by atoms with Crippen molar-refractivity contribution in [3.05, 3.63) is 138 Å². The average Bonchev–Trinajstić information content (AvgIpc) is 3.09. The first-order valence-electron chi connectivity index (χ1n) is 15.3. The number of carbonyl (C=O) groups is 2. The molecular weight excluding hydrogens is 604 g/mol. The standard InChI is InChI=1S/C37H38O8S/c38-32(39)21-22-33(40)45-34-31(26-41-23-27-13-5-1-6-14-27)44-37(46-30-19-11-4-12-20-30)36(43-25-29-17-9-3-10-18-29)35(34)42-24-28-15-7-2-8-16-28/h1-20,31,34-37H,21-26H2,(H,38,39)/t31?,34-,35-,36?,37-/m0/s1. The summed E-state index contributed by atoms with van der Waals surface area (Å²) in [6, 6.07) is 39.2. The molecule has 0 saturated carbocycles. The second-order valence-electron chi connectivity index (χ2n) is 10.8. The Morgan fingerprint density at radius 3 is 1.67 bits per heavy atom. The van der Waals surface area contributed by atoms with Gasteiger partial charge in [-0.1, -0.05) is 121 Å². The number of thioether (sulfide) groups is 1. The molecule has 0 amide bonds. The third kappa shape index (κ3) is 10.3. The minimum absolute atomic E-state index is 0.105. The van der Waals surface area contributed by atoms with Crippen molar-refractivity contribution in [3.63, 3.8) is 0 Å². The molecule has 1 heterocycles. The number of aliphatic carboxylic acids is 1. The molecule has 5 atom stereocenters. The SMILES string of the molecule is O=C(O)CCC(=O)O[C@H]1C(COCc2ccccc2)O[C@@H](Sc2ccccc2)C(OCc2ccccc2)[C@H]1OCc1ccccc1. The quantitative estimate of drug-likeness (QED) is 0.134. The van der Waals surface area contributed by atoms with Crippen LogP contribution in [-0.4, -0.2) is 53.5 Å². The first kappa shape index (κ1) is 33.4. The van der Waals surface area contributed by atoms with Gasteiger partial charge in [-0.2, -0.15) is 0 Å². The zero-order chi connectivity index (χ0) is 32.0. The Bertz CT molecular complexity index is 1470. The smallest absolute Gasteiger partial charge is 0.306 e. The molecular formula is C37H38O8S. The van der Waals surface area contributed by atoms with Gasteiger partial charge in [0.15, 0.2) is 6.10 Å². The summed E-state index contributed by atoms with van der Waals surface area (Å²) in [5.41, 5.74) is 2.35. The molecule has 1 aliphatic rings. The lowest BCUT2D eigenvalue weighted by atomic mass is 9.98. The maximum absolute atomic E-state index is 13.1. The van der Waals surface area contributed by atoms with E-state index >= 15 is 0 Å². The van der Waals surface area contributed by atoms with Crippen LogP contribution in [0.1, 0.15) is 29.5 Å². The van der Waals surface area contributed by atoms with Crippen LogP contribution < -0.4 is 0 Å². The maximum atomic E-state index is 13.1. The van der Waals surface area contributed by atoms with Crippen molar-refractivity contribution in [3.8, 4) is 0 Å². The van der Waals surface area contributed by atoms with E-state index in [9.17, 15) is 14.7 Å². The predicted molar refractivity (Wildman–Crippen MR) is 174 cm³/mol. The van der Waals surface area contributed by atoms with E-state index in [1.54, 1.807) is 0 Å². The minimum Gasteiger partial charge on any atom is -0.481 e. The highest BCUT2D eigenvalue weighted by Crippen LogP contribution is 2.38. The topological polar surface area (TPSA) is 101 Å². The molecule has 4 aromatic rings. The fraction of sp³-hybridized carbons (Fsp3) is 0.297. The highest BCUT2D eigenvalue weighted by atomic mass is 32.2. The van der Waals surface area contributed by atoms with Gasteiger partial charge in [-0.25, -0.2) is 0 Å². The summed E-state index contributed by atoms with van der Waals surface area (Å²) in [6.45, 7) is 0.954. The van der Waals surface area contributed by atoms with Gasteiger partial charge in [-0.15, -0.1) is 0 Å². The number of hydrogen-bond donors (Lipinski definition) is 1. The van der Waals surface area contributed by atoms with E-state index in [1.165, 1.54) is 11.8 Å². The summed E-state index contributed by atoms with van der Waals surface area (Å²) in [5, 5.41) is 9.20. The van der Waals surface area contributed by atoms with Gasteiger partial charge < -0.3 is 28.8 Å². The molecule has 0 bridgehead atoms. The molecule has 0 aliphatic carbocycles. The van der Waals surface area contributed by atoms with E-state index in [1.807, 2.05) is 121 Å². The van der Waals surface area contributed by atoms with E-state index in [0.29, 0.717) is 6.61 Å². The van der Waals surface area contributed by atoms with Gasteiger partial charge in [0.05, 0.1) is 39.3 Å². The van der Waals surface area contributed by atoms with Crippen molar-refractivity contribution < 1.29 is 38.4 Å². The van der Waals surface area contributed by atoms with Gasteiger partial charge in [0.2, 0.25) is 0 Å². The van der Waals surface area contributed by atoms with Crippen LogP contribution in [0.2, 0.25) is 0 Å². The number of carboxylic acids is 1. The van der Waals surface area contributed by atoms with Crippen molar-refractivity contribution in [2.75, 3.05) is 6.61 Å². The fourth-order valence-electron chi connectivity index (χ4n) is 5.07. The van der Waals surface area contributed by atoms with E-state index in [4.69, 9.17) is 23.7 Å². The van der Waals surface area contributed by atoms with Gasteiger partial charge >= 0.3 is 11.9 Å².